The van der Waals surface area contributed by atoms with Crippen molar-refractivity contribution in [3.8, 4) is 5.75 Å². The highest BCUT2D eigenvalue weighted by molar-refractivity contribution is 9.10. The summed E-state index contributed by atoms with van der Waals surface area (Å²) in [5.74, 6) is -0.348. The highest BCUT2D eigenvalue weighted by Gasteiger charge is 2.28. The number of urea groups is 1. The summed E-state index contributed by atoms with van der Waals surface area (Å²) in [6, 6.07) is 10.7. The Bertz CT molecular complexity index is 875. The van der Waals surface area contributed by atoms with Crippen LogP contribution in [0.5, 0.6) is 5.75 Å². The van der Waals surface area contributed by atoms with Crippen LogP contribution in [0.15, 0.2) is 46.9 Å². The van der Waals surface area contributed by atoms with Gasteiger partial charge in [-0.15, -0.1) is 0 Å². The summed E-state index contributed by atoms with van der Waals surface area (Å²) in [6.07, 6.45) is -4.43. The third-order valence-electron chi connectivity index (χ3n) is 3.63. The lowest BCUT2D eigenvalue weighted by Gasteiger charge is -2.12. The van der Waals surface area contributed by atoms with E-state index < -0.39 is 24.7 Å². The minimum Gasteiger partial charge on any atom is -0.484 e. The van der Waals surface area contributed by atoms with Gasteiger partial charge >= 0.3 is 12.2 Å². The Kier molecular flexibility index (Phi) is 7.89. The molecule has 0 aliphatic rings. The van der Waals surface area contributed by atoms with Crippen molar-refractivity contribution in [1.82, 2.24) is 10.6 Å². The Morgan fingerprint density at radius 1 is 1.10 bits per heavy atom. The first kappa shape index (κ1) is 22.5. The third-order valence-corrected chi connectivity index (χ3v) is 4.12. The van der Waals surface area contributed by atoms with Gasteiger partial charge in [0.1, 0.15) is 5.75 Å². The van der Waals surface area contributed by atoms with Crippen molar-refractivity contribution >= 4 is 33.6 Å². The third kappa shape index (κ3) is 8.43. The number of benzene rings is 2. The van der Waals surface area contributed by atoms with Crippen molar-refractivity contribution in [3.63, 3.8) is 0 Å². The lowest BCUT2D eigenvalue weighted by molar-refractivity contribution is -0.153. The number of halogens is 4. The number of hydrogen-bond donors (Lipinski definition) is 3. The van der Waals surface area contributed by atoms with Crippen LogP contribution in [0.4, 0.5) is 23.7 Å². The molecule has 0 radical (unpaired) electrons. The molecule has 0 aliphatic heterocycles. The van der Waals surface area contributed by atoms with Crippen LogP contribution in [0.2, 0.25) is 0 Å². The van der Waals surface area contributed by atoms with Crippen molar-refractivity contribution < 1.29 is 27.5 Å². The second-order valence-electron chi connectivity index (χ2n) is 6.09. The number of aryl methyl sites for hydroxylation is 1. The van der Waals surface area contributed by atoms with Crippen LogP contribution < -0.4 is 20.7 Å². The van der Waals surface area contributed by atoms with Gasteiger partial charge < -0.3 is 20.7 Å². The molecule has 156 valence electrons. The number of carbonyl (C=O) groups excluding carboxylic acids is 2. The molecule has 0 aromatic heterocycles. The molecule has 2 aromatic carbocycles. The van der Waals surface area contributed by atoms with Crippen LogP contribution in [0.1, 0.15) is 11.1 Å². The molecule has 0 saturated heterocycles. The van der Waals surface area contributed by atoms with E-state index in [4.69, 9.17) is 0 Å². The summed E-state index contributed by atoms with van der Waals surface area (Å²) in [4.78, 5) is 23.8. The van der Waals surface area contributed by atoms with Crippen LogP contribution in [0.3, 0.4) is 0 Å². The summed E-state index contributed by atoms with van der Waals surface area (Å²) in [7, 11) is 0. The molecule has 6 nitrogen and oxygen atoms in total. The molecule has 2 rings (SSSR count). The van der Waals surface area contributed by atoms with Gasteiger partial charge in [0, 0.05) is 16.7 Å². The zero-order valence-electron chi connectivity index (χ0n) is 15.4. The lowest BCUT2D eigenvalue weighted by atomic mass is 10.2. The second-order valence-corrected chi connectivity index (χ2v) is 7.01. The van der Waals surface area contributed by atoms with Gasteiger partial charge in [0.25, 0.3) is 0 Å². The number of alkyl halides is 3. The van der Waals surface area contributed by atoms with Gasteiger partial charge in [-0.25, -0.2) is 4.79 Å². The van der Waals surface area contributed by atoms with Crippen molar-refractivity contribution in [2.45, 2.75) is 19.6 Å². The Hall–Kier alpha value is -2.75. The van der Waals surface area contributed by atoms with Crippen LogP contribution in [0, 0.1) is 6.92 Å². The molecule has 2 aromatic rings. The van der Waals surface area contributed by atoms with Crippen LogP contribution in [-0.2, 0) is 11.3 Å². The lowest BCUT2D eigenvalue weighted by Crippen LogP contribution is -2.39. The number of nitrogens with one attached hydrogen (secondary N) is 3. The Balaban J connectivity index is 1.76. The van der Waals surface area contributed by atoms with Gasteiger partial charge in [0.05, 0.1) is 6.54 Å². The predicted molar refractivity (Wildman–Crippen MR) is 106 cm³/mol. The first-order valence-corrected chi connectivity index (χ1v) is 9.28. The summed E-state index contributed by atoms with van der Waals surface area (Å²) in [5.41, 5.74) is 2.05. The van der Waals surface area contributed by atoms with E-state index in [1.165, 1.54) is 18.2 Å². The van der Waals surface area contributed by atoms with E-state index in [1.54, 1.807) is 18.2 Å². The molecule has 0 fully saturated rings. The first-order chi connectivity index (χ1) is 13.6. The first-order valence-electron chi connectivity index (χ1n) is 8.48. The van der Waals surface area contributed by atoms with E-state index in [-0.39, 0.29) is 18.8 Å². The number of anilines is 1. The maximum atomic E-state index is 12.2. The standard InChI is InChI=1S/C19H19BrF3N3O3/c1-12-7-14(20)5-6-16(12)26-17(27)10-25-18(28)24-9-13-3-2-4-15(8-13)29-11-19(21,22)23/h2-8H,9-11H2,1H3,(H,26,27)(H2,24,25,28). The molecule has 0 heterocycles. The molecular weight excluding hydrogens is 455 g/mol. The monoisotopic (exact) mass is 473 g/mol. The number of carbonyl (C=O) groups is 2. The fourth-order valence-electron chi connectivity index (χ4n) is 2.28. The fraction of sp³-hybridized carbons (Fsp3) is 0.263. The zero-order chi connectivity index (χ0) is 21.4. The minimum absolute atomic E-state index is 0.0475. The minimum atomic E-state index is -4.43. The molecule has 0 spiro atoms. The number of rotatable bonds is 7. The molecule has 3 N–H and O–H groups in total. The fourth-order valence-corrected chi connectivity index (χ4v) is 2.75. The molecule has 0 aliphatic carbocycles. The number of hydrogen-bond acceptors (Lipinski definition) is 3. The molecule has 3 amide bonds. The van der Waals surface area contributed by atoms with Crippen molar-refractivity contribution in [2.75, 3.05) is 18.5 Å². The topological polar surface area (TPSA) is 79.5 Å². The van der Waals surface area contributed by atoms with Crippen molar-refractivity contribution in [3.05, 3.63) is 58.1 Å². The SMILES string of the molecule is Cc1cc(Br)ccc1NC(=O)CNC(=O)NCc1cccc(OCC(F)(F)F)c1. The van der Waals surface area contributed by atoms with Crippen molar-refractivity contribution in [1.29, 1.82) is 0 Å². The average molecular weight is 474 g/mol. The highest BCUT2D eigenvalue weighted by Crippen LogP contribution is 2.20. The summed E-state index contributed by atoms with van der Waals surface area (Å²) >= 11 is 3.33. The molecule has 0 bridgehead atoms. The second kappa shape index (κ2) is 10.1. The predicted octanol–water partition coefficient (Wildman–Crippen LogP) is 4.14. The van der Waals surface area contributed by atoms with Gasteiger partial charge in [0.15, 0.2) is 6.61 Å². The van der Waals surface area contributed by atoms with Gasteiger partial charge in [-0.1, -0.05) is 28.1 Å². The largest absolute Gasteiger partial charge is 0.484 e. The van der Waals surface area contributed by atoms with E-state index in [0.717, 1.165) is 10.0 Å². The summed E-state index contributed by atoms with van der Waals surface area (Å²) < 4.78 is 42.1. The summed E-state index contributed by atoms with van der Waals surface area (Å²) in [5, 5.41) is 7.62. The van der Waals surface area contributed by atoms with E-state index in [0.29, 0.717) is 11.3 Å². The Labute approximate surface area is 173 Å². The number of ether oxygens (including phenoxy) is 1. The maximum absolute atomic E-state index is 12.2. The van der Waals surface area contributed by atoms with Crippen LogP contribution >= 0.6 is 15.9 Å². The van der Waals surface area contributed by atoms with E-state index >= 15 is 0 Å². The average Bonchev–Trinajstić information content (AvgIpc) is 2.65. The van der Waals surface area contributed by atoms with E-state index in [2.05, 4.69) is 36.6 Å². The molecule has 29 heavy (non-hydrogen) atoms. The van der Waals surface area contributed by atoms with E-state index in [9.17, 15) is 22.8 Å². The smallest absolute Gasteiger partial charge is 0.422 e. The van der Waals surface area contributed by atoms with Gasteiger partial charge in [-0.05, 0) is 48.4 Å². The normalized spacial score (nSPS) is 10.9. The van der Waals surface area contributed by atoms with Gasteiger partial charge in [0.2, 0.25) is 5.91 Å². The maximum Gasteiger partial charge on any atom is 0.422 e. The quantitative estimate of drug-likeness (QED) is 0.565. The molecular formula is C19H19BrF3N3O3. The zero-order valence-corrected chi connectivity index (χ0v) is 17.0. The Morgan fingerprint density at radius 3 is 2.55 bits per heavy atom. The van der Waals surface area contributed by atoms with Crippen molar-refractivity contribution in [2.24, 2.45) is 0 Å². The van der Waals surface area contributed by atoms with E-state index in [1.807, 2.05) is 13.0 Å². The Morgan fingerprint density at radius 2 is 1.86 bits per heavy atom. The number of amides is 3. The highest BCUT2D eigenvalue weighted by atomic mass is 79.9. The van der Waals surface area contributed by atoms with Crippen LogP contribution in [-0.4, -0.2) is 31.3 Å². The molecule has 10 heteroatoms. The van der Waals surface area contributed by atoms with Crippen LogP contribution in [0.25, 0.3) is 0 Å². The summed E-state index contributed by atoms with van der Waals surface area (Å²) in [6.45, 7) is 0.267. The van der Waals surface area contributed by atoms with Gasteiger partial charge in [-0.2, -0.15) is 13.2 Å². The molecule has 0 unspecified atom stereocenters. The van der Waals surface area contributed by atoms with Gasteiger partial charge in [-0.3, -0.25) is 4.79 Å². The molecule has 0 saturated carbocycles. The molecule has 0 atom stereocenters.